The molecule has 1 aromatic rings. The summed E-state index contributed by atoms with van der Waals surface area (Å²) in [6.07, 6.45) is 4.73. The van der Waals surface area contributed by atoms with Crippen LogP contribution in [0.4, 0.5) is 10.1 Å². The molecular weight excluding hydrogens is 255 g/mol. The molecule has 0 saturated heterocycles. The number of hydrogen-bond acceptors (Lipinski definition) is 3. The van der Waals surface area contributed by atoms with Crippen LogP contribution in [0.25, 0.3) is 0 Å². The highest BCUT2D eigenvalue weighted by molar-refractivity contribution is 5.55. The molecule has 1 aromatic carbocycles. The van der Waals surface area contributed by atoms with Crippen LogP contribution in [0.2, 0.25) is 0 Å². The van der Waals surface area contributed by atoms with Crippen molar-refractivity contribution in [1.82, 2.24) is 5.32 Å². The van der Waals surface area contributed by atoms with E-state index in [1.165, 1.54) is 18.9 Å². The van der Waals surface area contributed by atoms with Crippen LogP contribution in [0.5, 0.6) is 0 Å². The van der Waals surface area contributed by atoms with Gasteiger partial charge in [-0.2, -0.15) is 0 Å². The first kappa shape index (κ1) is 15.3. The van der Waals surface area contributed by atoms with Crippen LogP contribution in [-0.2, 0) is 6.54 Å². The van der Waals surface area contributed by atoms with Gasteiger partial charge in [0.15, 0.2) is 0 Å². The van der Waals surface area contributed by atoms with Gasteiger partial charge in [-0.1, -0.05) is 25.8 Å². The Balaban J connectivity index is 2.28. The number of hydrogen-bond donors (Lipinski definition) is 2. The minimum absolute atomic E-state index is 0.105. The summed E-state index contributed by atoms with van der Waals surface area (Å²) in [5.74, 6) is -0.163. The van der Waals surface area contributed by atoms with Crippen LogP contribution in [0.15, 0.2) is 18.2 Å². The van der Waals surface area contributed by atoms with E-state index in [0.717, 1.165) is 30.6 Å². The molecule has 2 rings (SSSR count). The second kappa shape index (κ2) is 7.60. The molecule has 20 heavy (non-hydrogen) atoms. The Hall–Kier alpha value is -1.13. The van der Waals surface area contributed by atoms with Crippen molar-refractivity contribution >= 4 is 5.69 Å². The van der Waals surface area contributed by atoms with E-state index in [9.17, 15) is 9.50 Å². The molecule has 0 aliphatic heterocycles. The summed E-state index contributed by atoms with van der Waals surface area (Å²) >= 11 is 0. The van der Waals surface area contributed by atoms with E-state index < -0.39 is 0 Å². The number of aliphatic hydroxyl groups is 1. The normalized spacial score (nSPS) is 15.8. The zero-order chi connectivity index (χ0) is 14.4. The second-order valence-corrected chi connectivity index (χ2v) is 5.37. The monoisotopic (exact) mass is 280 g/mol. The quantitative estimate of drug-likeness (QED) is 0.806. The van der Waals surface area contributed by atoms with E-state index in [4.69, 9.17) is 0 Å². The first-order valence-corrected chi connectivity index (χ1v) is 7.63. The molecule has 0 radical (unpaired) electrons. The average Bonchev–Trinajstić information content (AvgIpc) is 2.97. The van der Waals surface area contributed by atoms with Crippen molar-refractivity contribution in [3.63, 3.8) is 0 Å². The summed E-state index contributed by atoms with van der Waals surface area (Å²) in [5, 5.41) is 12.5. The summed E-state index contributed by atoms with van der Waals surface area (Å²) < 4.78 is 14.1. The van der Waals surface area contributed by atoms with Crippen LogP contribution in [0.1, 0.15) is 38.2 Å². The largest absolute Gasteiger partial charge is 0.395 e. The number of rotatable bonds is 7. The molecule has 0 amide bonds. The molecule has 1 aliphatic rings. The van der Waals surface area contributed by atoms with Crippen molar-refractivity contribution in [3.8, 4) is 0 Å². The van der Waals surface area contributed by atoms with Crippen molar-refractivity contribution in [2.45, 2.75) is 45.2 Å². The number of anilines is 1. The topological polar surface area (TPSA) is 35.5 Å². The smallest absolute Gasteiger partial charge is 0.129 e. The van der Waals surface area contributed by atoms with Gasteiger partial charge in [-0.15, -0.1) is 0 Å². The second-order valence-electron chi connectivity index (χ2n) is 5.37. The molecule has 1 saturated carbocycles. The molecule has 0 bridgehead atoms. The van der Waals surface area contributed by atoms with Crippen molar-refractivity contribution in [3.05, 3.63) is 29.6 Å². The Morgan fingerprint density at radius 1 is 1.35 bits per heavy atom. The van der Waals surface area contributed by atoms with Gasteiger partial charge in [0.05, 0.1) is 6.61 Å². The molecule has 0 heterocycles. The zero-order valence-electron chi connectivity index (χ0n) is 12.2. The third-order valence-corrected chi connectivity index (χ3v) is 4.06. The maximum Gasteiger partial charge on any atom is 0.129 e. The van der Waals surface area contributed by atoms with E-state index in [1.807, 2.05) is 13.0 Å². The maximum absolute atomic E-state index is 14.1. The van der Waals surface area contributed by atoms with E-state index in [-0.39, 0.29) is 12.4 Å². The molecule has 1 fully saturated rings. The Morgan fingerprint density at radius 2 is 2.10 bits per heavy atom. The number of aliphatic hydroxyl groups excluding tert-OH is 1. The Morgan fingerprint density at radius 3 is 2.75 bits per heavy atom. The fourth-order valence-corrected chi connectivity index (χ4v) is 3.06. The van der Waals surface area contributed by atoms with Gasteiger partial charge in [0, 0.05) is 30.4 Å². The number of nitrogens with zero attached hydrogens (tertiary/aromatic N) is 1. The summed E-state index contributed by atoms with van der Waals surface area (Å²) in [4.78, 5) is 2.20. The predicted molar refractivity (Wildman–Crippen MR) is 80.5 cm³/mol. The van der Waals surface area contributed by atoms with Gasteiger partial charge in [0.25, 0.3) is 0 Å². The third-order valence-electron chi connectivity index (χ3n) is 4.06. The summed E-state index contributed by atoms with van der Waals surface area (Å²) in [7, 11) is 0. The molecule has 2 N–H and O–H groups in total. The van der Waals surface area contributed by atoms with Gasteiger partial charge in [0.2, 0.25) is 0 Å². The van der Waals surface area contributed by atoms with Gasteiger partial charge in [-0.05, 0) is 31.5 Å². The van der Waals surface area contributed by atoms with Crippen LogP contribution in [0.3, 0.4) is 0 Å². The molecule has 4 heteroatoms. The number of benzene rings is 1. The number of nitrogens with one attached hydrogen (secondary N) is 1. The molecular formula is C16H25FN2O. The minimum Gasteiger partial charge on any atom is -0.395 e. The van der Waals surface area contributed by atoms with Gasteiger partial charge < -0.3 is 15.3 Å². The number of halogens is 1. The van der Waals surface area contributed by atoms with Crippen LogP contribution in [-0.4, -0.2) is 30.8 Å². The SMILES string of the molecule is CCNCc1c(F)cccc1N(CCO)C1CCCC1. The van der Waals surface area contributed by atoms with Gasteiger partial charge in [-0.25, -0.2) is 4.39 Å². The van der Waals surface area contributed by atoms with Crippen LogP contribution in [0, 0.1) is 5.82 Å². The lowest BCUT2D eigenvalue weighted by Gasteiger charge is -2.32. The summed E-state index contributed by atoms with van der Waals surface area (Å²) in [6.45, 7) is 4.05. The van der Waals surface area contributed by atoms with Crippen molar-refractivity contribution in [2.75, 3.05) is 24.6 Å². The first-order valence-electron chi connectivity index (χ1n) is 7.63. The van der Waals surface area contributed by atoms with Crippen LogP contribution < -0.4 is 10.2 Å². The van der Waals surface area contributed by atoms with Gasteiger partial charge >= 0.3 is 0 Å². The molecule has 0 atom stereocenters. The zero-order valence-corrected chi connectivity index (χ0v) is 12.2. The predicted octanol–water partition coefficient (Wildman–Crippen LogP) is 2.68. The van der Waals surface area contributed by atoms with E-state index in [0.29, 0.717) is 19.1 Å². The van der Waals surface area contributed by atoms with Crippen molar-refractivity contribution in [2.24, 2.45) is 0 Å². The fourth-order valence-electron chi connectivity index (χ4n) is 3.06. The highest BCUT2D eigenvalue weighted by Crippen LogP contribution is 2.31. The van der Waals surface area contributed by atoms with E-state index in [2.05, 4.69) is 10.2 Å². The van der Waals surface area contributed by atoms with E-state index >= 15 is 0 Å². The molecule has 1 aliphatic carbocycles. The molecule has 112 valence electrons. The highest BCUT2D eigenvalue weighted by atomic mass is 19.1. The van der Waals surface area contributed by atoms with Gasteiger partial charge in [0.1, 0.15) is 5.82 Å². The molecule has 0 spiro atoms. The summed E-state index contributed by atoms with van der Waals surface area (Å²) in [6, 6.07) is 5.69. The molecule has 0 aromatic heterocycles. The summed E-state index contributed by atoms with van der Waals surface area (Å²) in [5.41, 5.74) is 1.65. The average molecular weight is 280 g/mol. The fraction of sp³-hybridized carbons (Fsp3) is 0.625. The third kappa shape index (κ3) is 3.49. The van der Waals surface area contributed by atoms with Gasteiger partial charge in [-0.3, -0.25) is 0 Å². The Labute approximate surface area is 120 Å². The highest BCUT2D eigenvalue weighted by Gasteiger charge is 2.24. The maximum atomic E-state index is 14.1. The van der Waals surface area contributed by atoms with E-state index in [1.54, 1.807) is 6.07 Å². The lowest BCUT2D eigenvalue weighted by Crippen LogP contribution is -2.37. The first-order chi connectivity index (χ1) is 9.77. The Kier molecular flexibility index (Phi) is 5.80. The van der Waals surface area contributed by atoms with Crippen molar-refractivity contribution in [1.29, 1.82) is 0 Å². The minimum atomic E-state index is -0.163. The Bertz CT molecular complexity index is 419. The molecule has 3 nitrogen and oxygen atoms in total. The lowest BCUT2D eigenvalue weighted by molar-refractivity contribution is 0.297. The van der Waals surface area contributed by atoms with Crippen LogP contribution >= 0.6 is 0 Å². The lowest BCUT2D eigenvalue weighted by atomic mass is 10.1. The standard InChI is InChI=1S/C16H25FN2O/c1-2-18-12-14-15(17)8-5-9-16(14)19(10-11-20)13-6-3-4-7-13/h5,8-9,13,18,20H,2-4,6-7,10-12H2,1H3. The van der Waals surface area contributed by atoms with Crippen molar-refractivity contribution < 1.29 is 9.50 Å². The molecule has 0 unspecified atom stereocenters.